The fraction of sp³-hybridized carbons (Fsp3) is 0.526. The molecule has 0 aliphatic heterocycles. The number of aromatic nitrogens is 1. The Morgan fingerprint density at radius 3 is 2.67 bits per heavy atom. The molecule has 1 atom stereocenters. The molecule has 1 saturated carbocycles. The van der Waals surface area contributed by atoms with Crippen molar-refractivity contribution < 1.29 is 0 Å². The number of hydrogen-bond donors (Lipinski definition) is 1. The molecule has 1 N–H and O–H groups in total. The fourth-order valence-corrected chi connectivity index (χ4v) is 3.94. The lowest BCUT2D eigenvalue weighted by Gasteiger charge is -2.41. The summed E-state index contributed by atoms with van der Waals surface area (Å²) in [4.78, 5) is 4.67. The van der Waals surface area contributed by atoms with Crippen LogP contribution < -0.4 is 5.32 Å². The van der Waals surface area contributed by atoms with Gasteiger partial charge in [-0.25, -0.2) is 0 Å². The van der Waals surface area contributed by atoms with Crippen LogP contribution in [-0.4, -0.2) is 11.5 Å². The van der Waals surface area contributed by atoms with Crippen LogP contribution in [0, 0.1) is 5.41 Å². The predicted octanol–water partition coefficient (Wildman–Crippen LogP) is 4.86. The Hall–Kier alpha value is -1.41. The van der Waals surface area contributed by atoms with Gasteiger partial charge in [-0.15, -0.1) is 0 Å². The van der Waals surface area contributed by atoms with E-state index in [4.69, 9.17) is 0 Å². The lowest BCUT2D eigenvalue weighted by Crippen LogP contribution is -2.38. The number of nitrogens with one attached hydrogen (secondary N) is 1. The van der Waals surface area contributed by atoms with Crippen molar-refractivity contribution in [3.63, 3.8) is 0 Å². The van der Waals surface area contributed by atoms with E-state index in [-0.39, 0.29) is 0 Å². The molecule has 2 aromatic rings. The highest BCUT2D eigenvalue weighted by molar-refractivity contribution is 5.82. The number of nitrogens with zero attached hydrogens (tertiary/aromatic N) is 1. The van der Waals surface area contributed by atoms with Crippen LogP contribution in [0.3, 0.4) is 0 Å². The molecule has 0 amide bonds. The van der Waals surface area contributed by atoms with Crippen LogP contribution in [0.2, 0.25) is 0 Å². The summed E-state index contributed by atoms with van der Waals surface area (Å²) in [5, 5.41) is 5.01. The van der Waals surface area contributed by atoms with E-state index < -0.39 is 0 Å². The molecule has 2 nitrogen and oxygen atoms in total. The first kappa shape index (κ1) is 14.5. The van der Waals surface area contributed by atoms with Gasteiger partial charge in [-0.05, 0) is 36.4 Å². The molecule has 0 radical (unpaired) electrons. The first-order valence-corrected chi connectivity index (χ1v) is 8.31. The van der Waals surface area contributed by atoms with Crippen LogP contribution in [0.1, 0.15) is 57.6 Å². The number of pyridine rings is 1. The normalized spacial score (nSPS) is 19.5. The molecule has 3 rings (SSSR count). The van der Waals surface area contributed by atoms with Gasteiger partial charge in [0.15, 0.2) is 0 Å². The third kappa shape index (κ3) is 2.82. The second kappa shape index (κ2) is 6.15. The Kier molecular flexibility index (Phi) is 4.25. The average Bonchev–Trinajstić information content (AvgIpc) is 2.53. The molecule has 1 heterocycles. The zero-order chi connectivity index (χ0) is 14.7. The largest absolute Gasteiger partial charge is 0.310 e. The monoisotopic (exact) mass is 282 g/mol. The van der Waals surface area contributed by atoms with Gasteiger partial charge < -0.3 is 5.32 Å². The van der Waals surface area contributed by atoms with Crippen LogP contribution in [0.5, 0.6) is 0 Å². The Bertz CT molecular complexity index is 594. The number of rotatable bonds is 4. The van der Waals surface area contributed by atoms with Gasteiger partial charge in [0, 0.05) is 17.6 Å². The second-order valence-electron chi connectivity index (χ2n) is 6.63. The highest BCUT2D eigenvalue weighted by Crippen LogP contribution is 2.46. The molecule has 21 heavy (non-hydrogen) atoms. The Labute approximate surface area is 128 Å². The molecule has 1 aliphatic carbocycles. The third-order valence-corrected chi connectivity index (χ3v) is 5.08. The summed E-state index contributed by atoms with van der Waals surface area (Å²) in [6, 6.07) is 11.2. The van der Waals surface area contributed by atoms with Gasteiger partial charge in [0.05, 0.1) is 5.52 Å². The first-order valence-electron chi connectivity index (χ1n) is 8.31. The maximum atomic E-state index is 4.67. The Balaban J connectivity index is 2.07. The molecule has 1 aromatic heterocycles. The third-order valence-electron chi connectivity index (χ3n) is 5.08. The van der Waals surface area contributed by atoms with Gasteiger partial charge in [0.1, 0.15) is 0 Å². The molecule has 1 aromatic carbocycles. The second-order valence-corrected chi connectivity index (χ2v) is 6.63. The van der Waals surface area contributed by atoms with Crippen LogP contribution in [-0.2, 0) is 0 Å². The van der Waals surface area contributed by atoms with E-state index in [1.165, 1.54) is 43.1 Å². The predicted molar refractivity (Wildman–Crippen MR) is 89.4 cm³/mol. The van der Waals surface area contributed by atoms with Crippen LogP contribution in [0.4, 0.5) is 0 Å². The Morgan fingerprint density at radius 2 is 1.90 bits per heavy atom. The van der Waals surface area contributed by atoms with E-state index in [2.05, 4.69) is 48.4 Å². The van der Waals surface area contributed by atoms with E-state index >= 15 is 0 Å². The maximum Gasteiger partial charge on any atom is 0.0749 e. The van der Waals surface area contributed by atoms with Crippen molar-refractivity contribution in [3.05, 3.63) is 42.1 Å². The number of para-hydroxylation sites is 1. The van der Waals surface area contributed by atoms with E-state index in [9.17, 15) is 0 Å². The van der Waals surface area contributed by atoms with Gasteiger partial charge in [-0.2, -0.15) is 0 Å². The zero-order valence-corrected chi connectivity index (χ0v) is 13.2. The first-order chi connectivity index (χ1) is 10.2. The summed E-state index contributed by atoms with van der Waals surface area (Å²) >= 11 is 0. The van der Waals surface area contributed by atoms with Gasteiger partial charge >= 0.3 is 0 Å². The minimum Gasteiger partial charge on any atom is -0.310 e. The fourth-order valence-electron chi connectivity index (χ4n) is 3.94. The molecule has 1 unspecified atom stereocenters. The lowest BCUT2D eigenvalue weighted by molar-refractivity contribution is 0.147. The van der Waals surface area contributed by atoms with E-state index in [1.807, 2.05) is 12.3 Å². The molecule has 2 heteroatoms. The SMILES string of the molecule is CCNC(c1cccc2cccnc12)C1(C)CCCCC1. The summed E-state index contributed by atoms with van der Waals surface area (Å²) in [5.41, 5.74) is 2.89. The standard InChI is InChI=1S/C19H26N2/c1-3-20-18(19(2)12-5-4-6-13-19)16-11-7-9-15-10-8-14-21-17(15)16/h7-11,14,18,20H,3-6,12-13H2,1-2H3. The van der Waals surface area contributed by atoms with Gasteiger partial charge in [0.25, 0.3) is 0 Å². The molecule has 0 spiro atoms. The van der Waals surface area contributed by atoms with E-state index in [1.54, 1.807) is 0 Å². The van der Waals surface area contributed by atoms with Crippen molar-refractivity contribution in [2.75, 3.05) is 6.54 Å². The van der Waals surface area contributed by atoms with Crippen LogP contribution >= 0.6 is 0 Å². The Morgan fingerprint density at radius 1 is 1.14 bits per heavy atom. The van der Waals surface area contributed by atoms with Gasteiger partial charge in [-0.3, -0.25) is 4.98 Å². The lowest BCUT2D eigenvalue weighted by atomic mass is 9.68. The summed E-state index contributed by atoms with van der Waals surface area (Å²) < 4.78 is 0. The summed E-state index contributed by atoms with van der Waals surface area (Å²) in [6.07, 6.45) is 8.65. The maximum absolute atomic E-state index is 4.67. The quantitative estimate of drug-likeness (QED) is 0.866. The number of fused-ring (bicyclic) bond motifs is 1. The topological polar surface area (TPSA) is 24.9 Å². The van der Waals surface area contributed by atoms with Crippen molar-refractivity contribution in [1.82, 2.24) is 10.3 Å². The molecule has 1 fully saturated rings. The average molecular weight is 282 g/mol. The van der Waals surface area contributed by atoms with Gasteiger partial charge in [-0.1, -0.05) is 57.4 Å². The zero-order valence-electron chi connectivity index (χ0n) is 13.2. The molecular formula is C19H26N2. The van der Waals surface area contributed by atoms with Crippen molar-refractivity contribution in [2.45, 2.75) is 52.0 Å². The highest BCUT2D eigenvalue weighted by atomic mass is 14.9. The highest BCUT2D eigenvalue weighted by Gasteiger charge is 2.36. The summed E-state index contributed by atoms with van der Waals surface area (Å²) in [6.45, 7) is 5.67. The van der Waals surface area contributed by atoms with Crippen LogP contribution in [0.15, 0.2) is 36.5 Å². The van der Waals surface area contributed by atoms with Gasteiger partial charge in [0.2, 0.25) is 0 Å². The van der Waals surface area contributed by atoms with Crippen molar-refractivity contribution >= 4 is 10.9 Å². The van der Waals surface area contributed by atoms with Crippen molar-refractivity contribution in [3.8, 4) is 0 Å². The van der Waals surface area contributed by atoms with Crippen molar-refractivity contribution in [1.29, 1.82) is 0 Å². The summed E-state index contributed by atoms with van der Waals surface area (Å²) in [7, 11) is 0. The van der Waals surface area contributed by atoms with Crippen LogP contribution in [0.25, 0.3) is 10.9 Å². The summed E-state index contributed by atoms with van der Waals surface area (Å²) in [5.74, 6) is 0. The minimum atomic E-state index is 0.347. The minimum absolute atomic E-state index is 0.347. The molecule has 1 aliphatic rings. The molecule has 0 saturated heterocycles. The van der Waals surface area contributed by atoms with Crippen molar-refractivity contribution in [2.24, 2.45) is 5.41 Å². The molecule has 0 bridgehead atoms. The van der Waals surface area contributed by atoms with E-state index in [0.717, 1.165) is 12.1 Å². The molecular weight excluding hydrogens is 256 g/mol. The van der Waals surface area contributed by atoms with E-state index in [0.29, 0.717) is 11.5 Å². The number of benzene rings is 1. The smallest absolute Gasteiger partial charge is 0.0749 e. The molecule has 112 valence electrons. The number of hydrogen-bond acceptors (Lipinski definition) is 2.